The molecular weight excluding hydrogens is 400 g/mol. The second-order valence-corrected chi connectivity index (χ2v) is 7.86. The zero-order valence-electron chi connectivity index (χ0n) is 16.9. The van der Waals surface area contributed by atoms with E-state index in [0.29, 0.717) is 40.1 Å². The van der Waals surface area contributed by atoms with Gasteiger partial charge in [-0.05, 0) is 42.3 Å². The maximum absolute atomic E-state index is 13.2. The second kappa shape index (κ2) is 8.17. The van der Waals surface area contributed by atoms with E-state index in [2.05, 4.69) is 11.1 Å². The van der Waals surface area contributed by atoms with Crippen molar-refractivity contribution in [2.24, 2.45) is 0 Å². The van der Waals surface area contributed by atoms with Gasteiger partial charge in [-0.2, -0.15) is 5.26 Å². The monoisotopic (exact) mass is 420 g/mol. The maximum atomic E-state index is 13.2. The Balaban J connectivity index is 1.67. The summed E-state index contributed by atoms with van der Waals surface area (Å²) in [6.07, 6.45) is 0.773. The molecule has 0 spiro atoms. The number of thiazole rings is 1. The fraction of sp³-hybridized carbons (Fsp3) is 0.261. The number of fused-ring (bicyclic) bond motifs is 1. The van der Waals surface area contributed by atoms with Gasteiger partial charge in [0.2, 0.25) is 0 Å². The van der Waals surface area contributed by atoms with Gasteiger partial charge in [-0.3, -0.25) is 4.79 Å². The van der Waals surface area contributed by atoms with E-state index in [9.17, 15) is 10.1 Å². The molecule has 0 fully saturated rings. The quantitative estimate of drug-likeness (QED) is 0.544. The minimum atomic E-state index is -0.987. The first-order valence-electron chi connectivity index (χ1n) is 9.43. The Morgan fingerprint density at radius 1 is 1.23 bits per heavy atom. The lowest BCUT2D eigenvalue weighted by Crippen LogP contribution is -2.12. The SMILES string of the molecule is COc1ccc(-c2csc(C(C#N)C(=O)c3cc(C)cc4c3OCC4)n2)cc1OC. The molecule has 0 saturated heterocycles. The van der Waals surface area contributed by atoms with Crippen molar-refractivity contribution in [3.05, 3.63) is 57.4 Å². The molecule has 0 bridgehead atoms. The Labute approximate surface area is 178 Å². The van der Waals surface area contributed by atoms with Gasteiger partial charge in [0.05, 0.1) is 38.2 Å². The Kier molecular flexibility index (Phi) is 5.42. The number of hydrogen-bond donors (Lipinski definition) is 0. The summed E-state index contributed by atoms with van der Waals surface area (Å²) < 4.78 is 16.3. The van der Waals surface area contributed by atoms with Gasteiger partial charge in [0.15, 0.2) is 23.2 Å². The van der Waals surface area contributed by atoms with Gasteiger partial charge in [-0.25, -0.2) is 4.98 Å². The number of nitriles is 1. The number of rotatable bonds is 6. The first-order chi connectivity index (χ1) is 14.5. The molecule has 3 aromatic rings. The van der Waals surface area contributed by atoms with Crippen molar-refractivity contribution < 1.29 is 19.0 Å². The summed E-state index contributed by atoms with van der Waals surface area (Å²) in [5.74, 6) is 0.536. The third-order valence-corrected chi connectivity index (χ3v) is 5.94. The third kappa shape index (κ3) is 3.51. The van der Waals surface area contributed by atoms with Crippen LogP contribution in [0, 0.1) is 18.3 Å². The van der Waals surface area contributed by atoms with Gasteiger partial charge in [0.1, 0.15) is 10.8 Å². The van der Waals surface area contributed by atoms with E-state index >= 15 is 0 Å². The first kappa shape index (κ1) is 19.9. The zero-order chi connectivity index (χ0) is 21.3. The number of aryl methyl sites for hydroxylation is 1. The molecule has 7 heteroatoms. The molecule has 0 N–H and O–H groups in total. The van der Waals surface area contributed by atoms with Crippen LogP contribution < -0.4 is 14.2 Å². The Morgan fingerprint density at radius 3 is 2.77 bits per heavy atom. The molecule has 1 atom stereocenters. The molecule has 0 amide bonds. The summed E-state index contributed by atoms with van der Waals surface area (Å²) in [5, 5.41) is 12.1. The third-order valence-electron chi connectivity index (χ3n) is 5.03. The summed E-state index contributed by atoms with van der Waals surface area (Å²) in [5.41, 5.74) is 3.94. The molecular formula is C23H20N2O4S. The number of benzene rings is 2. The van der Waals surface area contributed by atoms with Gasteiger partial charge in [-0.1, -0.05) is 6.07 Å². The van der Waals surface area contributed by atoms with E-state index in [1.54, 1.807) is 26.4 Å². The molecule has 0 aliphatic carbocycles. The molecule has 1 unspecified atom stereocenters. The van der Waals surface area contributed by atoms with Gasteiger partial charge in [0, 0.05) is 17.4 Å². The summed E-state index contributed by atoms with van der Waals surface area (Å²) in [4.78, 5) is 17.8. The Bertz CT molecular complexity index is 1160. The van der Waals surface area contributed by atoms with Crippen LogP contribution >= 0.6 is 11.3 Å². The summed E-state index contributed by atoms with van der Waals surface area (Å²) >= 11 is 1.29. The standard InChI is InChI=1S/C23H20N2O4S/c1-13-8-15-6-7-29-22(15)16(9-13)21(26)17(11-24)23-25-18(12-30-23)14-4-5-19(27-2)20(10-14)28-3/h4-5,8-10,12,17H,6-7H2,1-3H3. The van der Waals surface area contributed by atoms with Crippen LogP contribution in [0.15, 0.2) is 35.7 Å². The smallest absolute Gasteiger partial charge is 0.190 e. The van der Waals surface area contributed by atoms with Crippen molar-refractivity contribution in [1.29, 1.82) is 5.26 Å². The molecule has 0 saturated carbocycles. The molecule has 2 aromatic carbocycles. The second-order valence-electron chi connectivity index (χ2n) is 6.97. The van der Waals surface area contributed by atoms with E-state index in [1.165, 1.54) is 11.3 Å². The van der Waals surface area contributed by atoms with Crippen molar-refractivity contribution >= 4 is 17.1 Å². The van der Waals surface area contributed by atoms with Crippen LogP contribution in [-0.4, -0.2) is 31.6 Å². The summed E-state index contributed by atoms with van der Waals surface area (Å²) in [7, 11) is 3.15. The van der Waals surface area contributed by atoms with Gasteiger partial charge >= 0.3 is 0 Å². The van der Waals surface area contributed by atoms with Crippen molar-refractivity contribution in [2.45, 2.75) is 19.3 Å². The van der Waals surface area contributed by atoms with Crippen molar-refractivity contribution in [3.8, 4) is 34.6 Å². The fourth-order valence-electron chi connectivity index (χ4n) is 3.58. The predicted octanol–water partition coefficient (Wildman–Crippen LogP) is 4.56. The normalized spacial score (nSPS) is 13.1. The van der Waals surface area contributed by atoms with Crippen molar-refractivity contribution in [3.63, 3.8) is 0 Å². The summed E-state index contributed by atoms with van der Waals surface area (Å²) in [6, 6.07) is 11.4. The Morgan fingerprint density at radius 2 is 2.03 bits per heavy atom. The number of nitrogens with zero attached hydrogens (tertiary/aromatic N) is 2. The number of ether oxygens (including phenoxy) is 3. The highest BCUT2D eigenvalue weighted by Crippen LogP contribution is 2.37. The molecule has 152 valence electrons. The van der Waals surface area contributed by atoms with E-state index in [1.807, 2.05) is 30.5 Å². The summed E-state index contributed by atoms with van der Waals surface area (Å²) in [6.45, 7) is 2.49. The predicted molar refractivity (Wildman–Crippen MR) is 114 cm³/mol. The van der Waals surface area contributed by atoms with Crippen molar-refractivity contribution in [2.75, 3.05) is 20.8 Å². The number of carbonyl (C=O) groups is 1. The largest absolute Gasteiger partial charge is 0.493 e. The van der Waals surface area contributed by atoms with E-state index in [-0.39, 0.29) is 5.78 Å². The minimum absolute atomic E-state index is 0.285. The number of methoxy groups -OCH3 is 2. The molecule has 6 nitrogen and oxygen atoms in total. The van der Waals surface area contributed by atoms with Gasteiger partial charge < -0.3 is 14.2 Å². The number of Topliss-reactive ketones (excluding diaryl/α,β-unsaturated/α-hetero) is 1. The van der Waals surface area contributed by atoms with Crippen LogP contribution in [0.4, 0.5) is 0 Å². The fourth-order valence-corrected chi connectivity index (χ4v) is 4.45. The highest BCUT2D eigenvalue weighted by atomic mass is 32.1. The topological polar surface area (TPSA) is 81.4 Å². The lowest BCUT2D eigenvalue weighted by molar-refractivity contribution is 0.0975. The molecule has 0 radical (unpaired) electrons. The van der Waals surface area contributed by atoms with E-state index in [0.717, 1.165) is 23.1 Å². The zero-order valence-corrected chi connectivity index (χ0v) is 17.7. The lowest BCUT2D eigenvalue weighted by atomic mass is 9.94. The van der Waals surface area contributed by atoms with Crippen LogP contribution in [0.5, 0.6) is 17.2 Å². The first-order valence-corrected chi connectivity index (χ1v) is 10.3. The molecule has 2 heterocycles. The maximum Gasteiger partial charge on any atom is 0.190 e. The number of carbonyl (C=O) groups excluding carboxylic acids is 1. The van der Waals surface area contributed by atoms with E-state index in [4.69, 9.17) is 14.2 Å². The number of hydrogen-bond acceptors (Lipinski definition) is 7. The molecule has 1 aromatic heterocycles. The molecule has 4 rings (SSSR count). The molecule has 1 aliphatic heterocycles. The van der Waals surface area contributed by atoms with E-state index < -0.39 is 5.92 Å². The van der Waals surface area contributed by atoms with Crippen LogP contribution in [0.25, 0.3) is 11.3 Å². The average Bonchev–Trinajstić information content (AvgIpc) is 3.43. The lowest BCUT2D eigenvalue weighted by Gasteiger charge is -2.11. The Hall–Kier alpha value is -3.37. The number of ketones is 1. The van der Waals surface area contributed by atoms with Gasteiger partial charge in [-0.15, -0.1) is 11.3 Å². The molecule has 1 aliphatic rings. The molecule has 30 heavy (non-hydrogen) atoms. The number of aromatic nitrogens is 1. The van der Waals surface area contributed by atoms with Crippen molar-refractivity contribution in [1.82, 2.24) is 4.98 Å². The average molecular weight is 420 g/mol. The van der Waals surface area contributed by atoms with Gasteiger partial charge in [0.25, 0.3) is 0 Å². The minimum Gasteiger partial charge on any atom is -0.493 e. The van der Waals surface area contributed by atoms with Crippen LogP contribution in [0.3, 0.4) is 0 Å². The highest BCUT2D eigenvalue weighted by Gasteiger charge is 2.30. The highest BCUT2D eigenvalue weighted by molar-refractivity contribution is 7.10. The van der Waals surface area contributed by atoms with Crippen LogP contribution in [0.2, 0.25) is 0 Å². The van der Waals surface area contributed by atoms with Crippen LogP contribution in [0.1, 0.15) is 32.4 Å². The van der Waals surface area contributed by atoms with Crippen LogP contribution in [-0.2, 0) is 6.42 Å².